The van der Waals surface area contributed by atoms with Crippen LogP contribution in [-0.2, 0) is 16.1 Å². The zero-order valence-electron chi connectivity index (χ0n) is 17.8. The summed E-state index contributed by atoms with van der Waals surface area (Å²) in [6.45, 7) is 3.99. The van der Waals surface area contributed by atoms with Crippen LogP contribution in [0.25, 0.3) is 0 Å². The molecule has 1 aromatic rings. The van der Waals surface area contributed by atoms with Gasteiger partial charge >= 0.3 is 0 Å². The summed E-state index contributed by atoms with van der Waals surface area (Å²) < 4.78 is 0. The van der Waals surface area contributed by atoms with Crippen LogP contribution in [0.1, 0.15) is 19.0 Å². The first kappa shape index (κ1) is 20.4. The maximum atomic E-state index is 12.8. The van der Waals surface area contributed by atoms with Gasteiger partial charge in [-0.05, 0) is 37.3 Å². The summed E-state index contributed by atoms with van der Waals surface area (Å²) in [6, 6.07) is 5.87. The molecule has 8 heteroatoms. The number of aliphatic imine (C=N–C) groups is 1. The summed E-state index contributed by atoms with van der Waals surface area (Å²) in [4.78, 5) is 38.1. The molecule has 3 aliphatic rings. The second-order valence-electron chi connectivity index (χ2n) is 8.33. The molecule has 1 saturated carbocycles. The van der Waals surface area contributed by atoms with Crippen molar-refractivity contribution in [3.05, 3.63) is 36.0 Å². The van der Waals surface area contributed by atoms with Crippen LogP contribution in [0.2, 0.25) is 0 Å². The smallest absolute Gasteiger partial charge is 0.233 e. The molecule has 2 bridgehead atoms. The summed E-state index contributed by atoms with van der Waals surface area (Å²) in [7, 11) is 3.91. The van der Waals surface area contributed by atoms with Crippen LogP contribution in [0, 0.1) is 23.7 Å². The van der Waals surface area contributed by atoms with Crippen molar-refractivity contribution in [3.8, 4) is 0 Å². The molecule has 2 aliphatic carbocycles. The lowest BCUT2D eigenvalue weighted by Crippen LogP contribution is -2.43. The first-order chi connectivity index (χ1) is 14.5. The molecular formula is C22H30N6O2. The lowest BCUT2D eigenvalue weighted by atomic mass is 9.85. The third-order valence-corrected chi connectivity index (χ3v) is 6.18. The molecule has 1 saturated heterocycles. The first-order valence-electron chi connectivity index (χ1n) is 10.7. The van der Waals surface area contributed by atoms with E-state index in [0.29, 0.717) is 25.6 Å². The van der Waals surface area contributed by atoms with Crippen LogP contribution in [0.4, 0.5) is 5.82 Å². The molecule has 8 nitrogen and oxygen atoms in total. The highest BCUT2D eigenvalue weighted by Gasteiger charge is 2.58. The van der Waals surface area contributed by atoms with E-state index in [0.717, 1.165) is 24.5 Å². The van der Waals surface area contributed by atoms with Crippen molar-refractivity contribution in [1.82, 2.24) is 20.5 Å². The largest absolute Gasteiger partial charge is 0.363 e. The fourth-order valence-electron chi connectivity index (χ4n) is 4.78. The number of allylic oxidation sites excluding steroid dienone is 2. The van der Waals surface area contributed by atoms with Crippen LogP contribution in [0.5, 0.6) is 0 Å². The van der Waals surface area contributed by atoms with Gasteiger partial charge in [-0.3, -0.25) is 14.5 Å². The van der Waals surface area contributed by atoms with Crippen LogP contribution >= 0.6 is 0 Å². The first-order valence-corrected chi connectivity index (χ1v) is 10.7. The molecule has 1 aromatic heterocycles. The summed E-state index contributed by atoms with van der Waals surface area (Å²) in [6.07, 6.45) is 5.20. The molecule has 0 radical (unpaired) electrons. The van der Waals surface area contributed by atoms with E-state index in [1.807, 2.05) is 44.1 Å². The molecule has 2 heterocycles. The lowest BCUT2D eigenvalue weighted by Gasteiger charge is -2.18. The van der Waals surface area contributed by atoms with Gasteiger partial charge in [0.1, 0.15) is 5.82 Å². The van der Waals surface area contributed by atoms with Crippen molar-refractivity contribution in [2.24, 2.45) is 28.7 Å². The van der Waals surface area contributed by atoms with E-state index < -0.39 is 0 Å². The number of hydrogen-bond donors (Lipinski definition) is 2. The van der Waals surface area contributed by atoms with Crippen molar-refractivity contribution in [1.29, 1.82) is 0 Å². The number of aromatic nitrogens is 1. The average molecular weight is 411 g/mol. The summed E-state index contributed by atoms with van der Waals surface area (Å²) in [5.74, 6) is 1.76. The molecule has 1 aliphatic heterocycles. The van der Waals surface area contributed by atoms with Gasteiger partial charge in [0.2, 0.25) is 11.8 Å². The number of hydrogen-bond acceptors (Lipinski definition) is 5. The third-order valence-electron chi connectivity index (χ3n) is 6.18. The Morgan fingerprint density at radius 2 is 1.87 bits per heavy atom. The van der Waals surface area contributed by atoms with E-state index in [-0.39, 0.29) is 35.5 Å². The summed E-state index contributed by atoms with van der Waals surface area (Å²) >= 11 is 0. The Morgan fingerprint density at radius 3 is 2.50 bits per heavy atom. The molecule has 2 N–H and O–H groups in total. The molecule has 4 rings (SSSR count). The average Bonchev–Trinajstić information content (AvgIpc) is 3.42. The minimum absolute atomic E-state index is 0.00436. The molecule has 4 atom stereocenters. The second kappa shape index (κ2) is 8.45. The van der Waals surface area contributed by atoms with Crippen molar-refractivity contribution in [2.45, 2.75) is 19.9 Å². The monoisotopic (exact) mass is 410 g/mol. The summed E-state index contributed by atoms with van der Waals surface area (Å²) in [5, 5.41) is 6.44. The Balaban J connectivity index is 1.33. The number of nitrogens with one attached hydrogen (secondary N) is 2. The van der Waals surface area contributed by atoms with Gasteiger partial charge in [-0.2, -0.15) is 0 Å². The standard InChI is InChI=1S/C22H30N6O2/c1-4-23-22(25-13-16-6-5-7-17(26-16)27(2)3)24-10-11-28-20(29)18-14-8-9-15(12-14)19(18)21(28)30/h5-9,14-15,18-19H,4,10-13H2,1-3H3,(H2,23,24,25). The molecule has 160 valence electrons. The van der Waals surface area contributed by atoms with E-state index in [2.05, 4.69) is 32.8 Å². The topological polar surface area (TPSA) is 89.9 Å². The van der Waals surface area contributed by atoms with Crippen LogP contribution in [-0.4, -0.2) is 61.4 Å². The van der Waals surface area contributed by atoms with Gasteiger partial charge in [0, 0.05) is 33.7 Å². The van der Waals surface area contributed by atoms with E-state index in [9.17, 15) is 9.59 Å². The van der Waals surface area contributed by atoms with E-state index >= 15 is 0 Å². The Kier molecular flexibility index (Phi) is 5.74. The predicted molar refractivity (Wildman–Crippen MR) is 116 cm³/mol. The Morgan fingerprint density at radius 1 is 1.17 bits per heavy atom. The Labute approximate surface area is 177 Å². The van der Waals surface area contributed by atoms with Gasteiger partial charge in [-0.25, -0.2) is 9.98 Å². The molecule has 0 aromatic carbocycles. The maximum absolute atomic E-state index is 12.8. The van der Waals surface area contributed by atoms with E-state index in [1.165, 1.54) is 4.90 Å². The normalized spacial score (nSPS) is 27.0. The number of fused-ring (bicyclic) bond motifs is 5. The molecular weight excluding hydrogens is 380 g/mol. The number of carbonyl (C=O) groups excluding carboxylic acids is 2. The van der Waals surface area contributed by atoms with E-state index in [4.69, 9.17) is 0 Å². The summed E-state index contributed by atoms with van der Waals surface area (Å²) in [5.41, 5.74) is 0.874. The molecule has 4 unspecified atom stereocenters. The number of carbonyl (C=O) groups is 2. The van der Waals surface area contributed by atoms with Gasteiger partial charge in [0.05, 0.1) is 24.1 Å². The second-order valence-corrected chi connectivity index (χ2v) is 8.33. The van der Waals surface area contributed by atoms with E-state index in [1.54, 1.807) is 0 Å². The lowest BCUT2D eigenvalue weighted by molar-refractivity contribution is -0.140. The quantitative estimate of drug-likeness (QED) is 0.302. The number of pyridine rings is 1. The number of rotatable bonds is 7. The minimum Gasteiger partial charge on any atom is -0.363 e. The number of imide groups is 1. The third kappa shape index (κ3) is 3.78. The number of likely N-dealkylation sites (tertiary alicyclic amines) is 1. The predicted octanol–water partition coefficient (Wildman–Crippen LogP) is 1.01. The fourth-order valence-corrected chi connectivity index (χ4v) is 4.78. The SMILES string of the molecule is CCNC(=NCc1cccc(N(C)C)n1)NCCN1C(=O)C2C3C=CC(C3)C2C1=O. The van der Waals surface area contributed by atoms with Crippen molar-refractivity contribution >= 4 is 23.6 Å². The maximum Gasteiger partial charge on any atom is 0.233 e. The van der Waals surface area contributed by atoms with Crippen molar-refractivity contribution in [2.75, 3.05) is 38.6 Å². The van der Waals surface area contributed by atoms with Crippen molar-refractivity contribution < 1.29 is 9.59 Å². The number of amides is 2. The van der Waals surface area contributed by atoms with Crippen molar-refractivity contribution in [3.63, 3.8) is 0 Å². The highest BCUT2D eigenvalue weighted by Crippen LogP contribution is 2.52. The van der Waals surface area contributed by atoms with Gasteiger partial charge in [-0.1, -0.05) is 18.2 Å². The van der Waals surface area contributed by atoms with Gasteiger partial charge in [0.15, 0.2) is 5.96 Å². The molecule has 30 heavy (non-hydrogen) atoms. The van der Waals surface area contributed by atoms with Gasteiger partial charge < -0.3 is 15.5 Å². The van der Waals surface area contributed by atoms with Gasteiger partial charge in [0.25, 0.3) is 0 Å². The minimum atomic E-state index is -0.135. The zero-order valence-corrected chi connectivity index (χ0v) is 17.8. The molecule has 0 spiro atoms. The van der Waals surface area contributed by atoms with Gasteiger partial charge in [-0.15, -0.1) is 0 Å². The highest BCUT2D eigenvalue weighted by molar-refractivity contribution is 6.06. The molecule has 2 fully saturated rings. The van der Waals surface area contributed by atoms with Crippen LogP contribution in [0.3, 0.4) is 0 Å². The van der Waals surface area contributed by atoms with Crippen LogP contribution < -0.4 is 15.5 Å². The Bertz CT molecular complexity index is 850. The fraction of sp³-hybridized carbons (Fsp3) is 0.545. The zero-order chi connectivity index (χ0) is 21.3. The Hall–Kier alpha value is -2.90. The van der Waals surface area contributed by atoms with Crippen LogP contribution in [0.15, 0.2) is 35.3 Å². The number of anilines is 1. The number of nitrogens with zero attached hydrogens (tertiary/aromatic N) is 4. The highest BCUT2D eigenvalue weighted by atomic mass is 16.2. The molecule has 2 amide bonds. The number of guanidine groups is 1.